The van der Waals surface area contributed by atoms with Gasteiger partial charge in [-0.1, -0.05) is 25.3 Å². The molecule has 0 aromatic heterocycles. The van der Waals surface area contributed by atoms with Gasteiger partial charge in [0.25, 0.3) is 0 Å². The Kier molecular flexibility index (Phi) is 3.60. The summed E-state index contributed by atoms with van der Waals surface area (Å²) in [7, 11) is 0. The monoisotopic (exact) mass is 276 g/mol. The van der Waals surface area contributed by atoms with Crippen LogP contribution in [0.1, 0.15) is 43.7 Å². The van der Waals surface area contributed by atoms with Crippen LogP contribution in [0.3, 0.4) is 0 Å². The quantitative estimate of drug-likeness (QED) is 0.819. The molecular formula is C14H16F4O. The topological polar surface area (TPSA) is 20.2 Å². The molecule has 0 spiro atoms. The molecule has 0 amide bonds. The van der Waals surface area contributed by atoms with E-state index in [0.717, 1.165) is 25.3 Å². The summed E-state index contributed by atoms with van der Waals surface area (Å²) < 4.78 is 51.1. The van der Waals surface area contributed by atoms with Crippen LogP contribution in [0, 0.1) is 11.7 Å². The summed E-state index contributed by atoms with van der Waals surface area (Å²) in [6, 6.07) is 2.71. The first-order chi connectivity index (χ1) is 8.70. The van der Waals surface area contributed by atoms with Gasteiger partial charge in [-0.15, -0.1) is 0 Å². The van der Waals surface area contributed by atoms with Crippen LogP contribution >= 0.6 is 0 Å². The molecule has 0 heterocycles. The molecule has 0 saturated heterocycles. The number of hydrogen-bond donors (Lipinski definition) is 1. The summed E-state index contributed by atoms with van der Waals surface area (Å²) >= 11 is 0. The molecule has 1 unspecified atom stereocenters. The Hall–Kier alpha value is -1.10. The number of benzene rings is 1. The van der Waals surface area contributed by atoms with Gasteiger partial charge in [0.1, 0.15) is 5.82 Å². The van der Waals surface area contributed by atoms with Gasteiger partial charge in [0.15, 0.2) is 0 Å². The lowest BCUT2D eigenvalue weighted by atomic mass is 9.75. The molecule has 1 fully saturated rings. The van der Waals surface area contributed by atoms with E-state index in [4.69, 9.17) is 0 Å². The van der Waals surface area contributed by atoms with E-state index in [1.807, 2.05) is 0 Å². The van der Waals surface area contributed by atoms with Crippen molar-refractivity contribution in [2.24, 2.45) is 5.92 Å². The molecule has 1 saturated carbocycles. The van der Waals surface area contributed by atoms with Crippen molar-refractivity contribution in [2.45, 2.75) is 44.4 Å². The first kappa shape index (κ1) is 14.3. The standard InChI is InChI=1S/C14H16F4O/c1-13(19,8-9-3-2-4-9)10-5-6-12(15)11(7-10)14(16,17)18/h5-7,9,19H,2-4,8H2,1H3. The Morgan fingerprint density at radius 3 is 2.37 bits per heavy atom. The number of rotatable bonds is 3. The van der Waals surface area contributed by atoms with E-state index < -0.39 is 23.2 Å². The Balaban J connectivity index is 2.28. The summed E-state index contributed by atoms with van der Waals surface area (Å²) in [6.07, 6.45) is -1.26. The van der Waals surface area contributed by atoms with Crippen molar-refractivity contribution in [1.29, 1.82) is 0 Å². The van der Waals surface area contributed by atoms with Crippen molar-refractivity contribution in [3.63, 3.8) is 0 Å². The van der Waals surface area contributed by atoms with Crippen LogP contribution in [0.5, 0.6) is 0 Å². The van der Waals surface area contributed by atoms with E-state index in [9.17, 15) is 22.7 Å². The zero-order valence-electron chi connectivity index (χ0n) is 10.6. The summed E-state index contributed by atoms with van der Waals surface area (Å²) in [5.41, 5.74) is -2.55. The lowest BCUT2D eigenvalue weighted by Gasteiger charge is -2.34. The van der Waals surface area contributed by atoms with E-state index in [-0.39, 0.29) is 5.56 Å². The molecule has 1 aliphatic carbocycles. The van der Waals surface area contributed by atoms with Crippen molar-refractivity contribution in [3.8, 4) is 0 Å². The maximum absolute atomic E-state index is 13.2. The van der Waals surface area contributed by atoms with Crippen LogP contribution in [0.15, 0.2) is 18.2 Å². The second-order valence-corrected chi connectivity index (χ2v) is 5.47. The molecular weight excluding hydrogens is 260 g/mol. The SMILES string of the molecule is CC(O)(CC1CCC1)c1ccc(F)c(C(F)(F)F)c1. The first-order valence-electron chi connectivity index (χ1n) is 6.30. The molecule has 5 heteroatoms. The van der Waals surface area contributed by atoms with E-state index in [2.05, 4.69) is 0 Å². The highest BCUT2D eigenvalue weighted by molar-refractivity contribution is 5.31. The Bertz CT molecular complexity index is 461. The third-order valence-electron chi connectivity index (χ3n) is 3.80. The summed E-state index contributed by atoms with van der Waals surface area (Å²) in [4.78, 5) is 0. The molecule has 1 aromatic carbocycles. The third kappa shape index (κ3) is 3.08. The fourth-order valence-electron chi connectivity index (χ4n) is 2.45. The summed E-state index contributed by atoms with van der Waals surface area (Å²) in [6.45, 7) is 1.48. The maximum atomic E-state index is 13.2. The Morgan fingerprint density at radius 1 is 1.26 bits per heavy atom. The predicted molar refractivity (Wildman–Crippen MR) is 62.9 cm³/mol. The van der Waals surface area contributed by atoms with Crippen LogP contribution in [0.4, 0.5) is 17.6 Å². The number of aliphatic hydroxyl groups is 1. The highest BCUT2D eigenvalue weighted by Crippen LogP contribution is 2.40. The summed E-state index contributed by atoms with van der Waals surface area (Å²) in [5, 5.41) is 10.3. The van der Waals surface area contributed by atoms with Gasteiger partial charge in [-0.05, 0) is 37.0 Å². The molecule has 2 rings (SSSR count). The van der Waals surface area contributed by atoms with Gasteiger partial charge in [0.05, 0.1) is 11.2 Å². The fraction of sp³-hybridized carbons (Fsp3) is 0.571. The van der Waals surface area contributed by atoms with Crippen molar-refractivity contribution in [2.75, 3.05) is 0 Å². The molecule has 1 atom stereocenters. The Labute approximate surface area is 109 Å². The fourth-order valence-corrected chi connectivity index (χ4v) is 2.45. The summed E-state index contributed by atoms with van der Waals surface area (Å²) in [5.74, 6) is -0.968. The second kappa shape index (κ2) is 4.78. The van der Waals surface area contributed by atoms with Gasteiger partial charge in [-0.25, -0.2) is 4.39 Å². The lowest BCUT2D eigenvalue weighted by molar-refractivity contribution is -0.140. The highest BCUT2D eigenvalue weighted by Gasteiger charge is 2.37. The van der Waals surface area contributed by atoms with Gasteiger partial charge in [0.2, 0.25) is 0 Å². The molecule has 19 heavy (non-hydrogen) atoms. The molecule has 0 radical (unpaired) electrons. The highest BCUT2D eigenvalue weighted by atomic mass is 19.4. The van der Waals surface area contributed by atoms with E-state index in [0.29, 0.717) is 18.4 Å². The molecule has 1 aliphatic rings. The first-order valence-corrected chi connectivity index (χ1v) is 6.30. The number of hydrogen-bond acceptors (Lipinski definition) is 1. The van der Waals surface area contributed by atoms with Crippen LogP contribution in [0.2, 0.25) is 0 Å². The molecule has 0 aliphatic heterocycles. The van der Waals surface area contributed by atoms with E-state index in [1.165, 1.54) is 13.0 Å². The zero-order chi connectivity index (χ0) is 14.3. The average molecular weight is 276 g/mol. The van der Waals surface area contributed by atoms with E-state index >= 15 is 0 Å². The van der Waals surface area contributed by atoms with Crippen molar-refractivity contribution in [1.82, 2.24) is 0 Å². The Morgan fingerprint density at radius 2 is 1.89 bits per heavy atom. The van der Waals surface area contributed by atoms with E-state index in [1.54, 1.807) is 0 Å². The van der Waals surface area contributed by atoms with Crippen LogP contribution in [0.25, 0.3) is 0 Å². The molecule has 1 N–H and O–H groups in total. The van der Waals surface area contributed by atoms with Crippen LogP contribution in [-0.2, 0) is 11.8 Å². The van der Waals surface area contributed by atoms with Gasteiger partial charge < -0.3 is 5.11 Å². The lowest BCUT2D eigenvalue weighted by Crippen LogP contribution is -2.28. The van der Waals surface area contributed by atoms with Crippen LogP contribution < -0.4 is 0 Å². The normalized spacial score (nSPS) is 19.9. The van der Waals surface area contributed by atoms with Gasteiger partial charge in [-0.3, -0.25) is 0 Å². The zero-order valence-corrected chi connectivity index (χ0v) is 10.6. The number of alkyl halides is 3. The van der Waals surface area contributed by atoms with Crippen molar-refractivity contribution < 1.29 is 22.7 Å². The minimum absolute atomic E-state index is 0.119. The van der Waals surface area contributed by atoms with Crippen molar-refractivity contribution >= 4 is 0 Å². The minimum atomic E-state index is -4.74. The van der Waals surface area contributed by atoms with Crippen molar-refractivity contribution in [3.05, 3.63) is 35.1 Å². The van der Waals surface area contributed by atoms with Crippen LogP contribution in [-0.4, -0.2) is 5.11 Å². The molecule has 1 aromatic rings. The number of halogens is 4. The molecule has 1 nitrogen and oxygen atoms in total. The molecule has 0 bridgehead atoms. The largest absolute Gasteiger partial charge is 0.419 e. The predicted octanol–water partition coefficient (Wildman–Crippen LogP) is 4.24. The average Bonchev–Trinajstić information content (AvgIpc) is 2.22. The third-order valence-corrected chi connectivity index (χ3v) is 3.80. The molecule has 106 valence electrons. The maximum Gasteiger partial charge on any atom is 0.419 e. The smallest absolute Gasteiger partial charge is 0.385 e. The van der Waals surface area contributed by atoms with Gasteiger partial charge in [-0.2, -0.15) is 13.2 Å². The second-order valence-electron chi connectivity index (χ2n) is 5.47. The van der Waals surface area contributed by atoms with Gasteiger partial charge >= 0.3 is 6.18 Å². The van der Waals surface area contributed by atoms with Gasteiger partial charge in [0, 0.05) is 0 Å². The minimum Gasteiger partial charge on any atom is -0.385 e.